The SMILES string of the molecule is C=C(C)CN=c1scc(-c2cc(OC)c(OC)c(OC)c2)n1N=C1CCc2ccccc21. The van der Waals surface area contributed by atoms with Gasteiger partial charge in [-0.1, -0.05) is 36.4 Å². The number of thiazole rings is 1. The summed E-state index contributed by atoms with van der Waals surface area (Å²) in [7, 11) is 4.83. The molecule has 32 heavy (non-hydrogen) atoms. The highest BCUT2D eigenvalue weighted by Gasteiger charge is 2.20. The van der Waals surface area contributed by atoms with E-state index in [9.17, 15) is 0 Å². The molecule has 0 aliphatic heterocycles. The van der Waals surface area contributed by atoms with Crippen LogP contribution in [0.1, 0.15) is 24.5 Å². The van der Waals surface area contributed by atoms with Crippen molar-refractivity contribution in [3.8, 4) is 28.5 Å². The maximum Gasteiger partial charge on any atom is 0.206 e. The highest BCUT2D eigenvalue weighted by molar-refractivity contribution is 7.07. The summed E-state index contributed by atoms with van der Waals surface area (Å²) in [6.45, 7) is 6.51. The number of aryl methyl sites for hydroxylation is 1. The molecule has 0 atom stereocenters. The fourth-order valence-electron chi connectivity index (χ4n) is 3.77. The second-order valence-corrected chi connectivity index (χ2v) is 8.44. The third-order valence-electron chi connectivity index (χ3n) is 5.31. The van der Waals surface area contributed by atoms with Gasteiger partial charge in [-0.05, 0) is 37.5 Å². The maximum absolute atomic E-state index is 5.56. The van der Waals surface area contributed by atoms with Crippen LogP contribution in [0.5, 0.6) is 17.2 Å². The molecule has 0 saturated heterocycles. The summed E-state index contributed by atoms with van der Waals surface area (Å²) >= 11 is 1.55. The number of aromatic nitrogens is 1. The van der Waals surface area contributed by atoms with E-state index in [0.717, 1.165) is 40.2 Å². The van der Waals surface area contributed by atoms with Gasteiger partial charge in [0, 0.05) is 16.5 Å². The van der Waals surface area contributed by atoms with Gasteiger partial charge in [-0.2, -0.15) is 5.10 Å². The molecular formula is C25H27N3O3S. The van der Waals surface area contributed by atoms with Crippen LogP contribution in [-0.2, 0) is 6.42 Å². The van der Waals surface area contributed by atoms with E-state index in [1.54, 1.807) is 32.7 Å². The Hall–Kier alpha value is -3.32. The van der Waals surface area contributed by atoms with E-state index in [2.05, 4.69) is 36.2 Å². The molecule has 166 valence electrons. The molecule has 1 heterocycles. The molecule has 0 spiro atoms. The van der Waals surface area contributed by atoms with Crippen molar-refractivity contribution < 1.29 is 14.2 Å². The van der Waals surface area contributed by atoms with Crippen LogP contribution in [0.15, 0.2) is 64.0 Å². The van der Waals surface area contributed by atoms with Crippen LogP contribution in [0.25, 0.3) is 11.3 Å². The van der Waals surface area contributed by atoms with Crippen LogP contribution in [-0.4, -0.2) is 38.3 Å². The molecule has 2 aromatic carbocycles. The van der Waals surface area contributed by atoms with Gasteiger partial charge in [0.25, 0.3) is 0 Å². The molecule has 1 aromatic heterocycles. The maximum atomic E-state index is 5.56. The summed E-state index contributed by atoms with van der Waals surface area (Å²) in [6.07, 6.45) is 1.90. The number of hydrogen-bond acceptors (Lipinski definition) is 6. The van der Waals surface area contributed by atoms with Gasteiger partial charge in [0.05, 0.1) is 39.3 Å². The zero-order chi connectivity index (χ0) is 22.7. The average molecular weight is 450 g/mol. The van der Waals surface area contributed by atoms with Gasteiger partial charge in [-0.3, -0.25) is 4.99 Å². The Kier molecular flexibility index (Phi) is 6.46. The predicted molar refractivity (Wildman–Crippen MR) is 129 cm³/mol. The molecule has 6 nitrogen and oxygen atoms in total. The van der Waals surface area contributed by atoms with Crippen molar-refractivity contribution in [2.24, 2.45) is 10.1 Å². The van der Waals surface area contributed by atoms with Crippen LogP contribution in [0.3, 0.4) is 0 Å². The molecule has 4 rings (SSSR count). The Balaban J connectivity index is 1.91. The standard InChI is InChI=1S/C25H27N3O3S/c1-16(2)14-26-25-28(27-20-11-10-17-8-6-7-9-19(17)20)21(15-32-25)18-12-22(29-3)24(31-5)23(13-18)30-4/h6-9,12-13,15H,1,10-11,14H2,2-5H3. The van der Waals surface area contributed by atoms with Crippen molar-refractivity contribution in [2.75, 3.05) is 27.9 Å². The lowest BCUT2D eigenvalue weighted by atomic mass is 10.1. The Labute approximate surface area is 192 Å². The number of rotatable bonds is 7. The first kappa shape index (κ1) is 21.9. The normalized spacial score (nSPS) is 14.5. The van der Waals surface area contributed by atoms with Gasteiger partial charge in [0.1, 0.15) is 0 Å². The lowest BCUT2D eigenvalue weighted by Gasteiger charge is -2.14. The zero-order valence-electron chi connectivity index (χ0n) is 18.8. The molecule has 0 radical (unpaired) electrons. The molecule has 0 fully saturated rings. The molecule has 0 unspecified atom stereocenters. The molecule has 0 bridgehead atoms. The van der Waals surface area contributed by atoms with Crippen molar-refractivity contribution in [2.45, 2.75) is 19.8 Å². The highest BCUT2D eigenvalue weighted by atomic mass is 32.1. The summed E-state index contributed by atoms with van der Waals surface area (Å²) in [4.78, 5) is 5.57. The fraction of sp³-hybridized carbons (Fsp3) is 0.280. The van der Waals surface area contributed by atoms with E-state index in [1.807, 2.05) is 23.7 Å². The van der Waals surface area contributed by atoms with Crippen LogP contribution >= 0.6 is 11.3 Å². The number of fused-ring (bicyclic) bond motifs is 1. The summed E-state index contributed by atoms with van der Waals surface area (Å²) in [5, 5.41) is 7.13. The first-order valence-corrected chi connectivity index (χ1v) is 11.3. The average Bonchev–Trinajstić information content (AvgIpc) is 3.41. The number of methoxy groups -OCH3 is 3. The van der Waals surface area contributed by atoms with Gasteiger partial charge in [-0.15, -0.1) is 11.3 Å². The van der Waals surface area contributed by atoms with Crippen molar-refractivity contribution in [1.29, 1.82) is 0 Å². The molecule has 0 N–H and O–H groups in total. The van der Waals surface area contributed by atoms with E-state index in [-0.39, 0.29) is 0 Å². The third kappa shape index (κ3) is 4.21. The molecule has 7 heteroatoms. The molecule has 1 aliphatic rings. The quantitative estimate of drug-likeness (QED) is 0.481. The highest BCUT2D eigenvalue weighted by Crippen LogP contribution is 2.41. The summed E-state index contributed by atoms with van der Waals surface area (Å²) in [5.74, 6) is 1.75. The monoisotopic (exact) mass is 449 g/mol. The molecule has 3 aromatic rings. The Bertz CT molecular complexity index is 1230. The fourth-order valence-corrected chi connectivity index (χ4v) is 4.60. The van der Waals surface area contributed by atoms with Crippen LogP contribution < -0.4 is 19.0 Å². The topological polar surface area (TPSA) is 57.3 Å². The minimum atomic E-state index is 0.552. The van der Waals surface area contributed by atoms with Crippen LogP contribution in [0.4, 0.5) is 0 Å². The summed E-state index contributed by atoms with van der Waals surface area (Å²) in [5.41, 5.74) is 6.40. The summed E-state index contributed by atoms with van der Waals surface area (Å²) < 4.78 is 18.5. The largest absolute Gasteiger partial charge is 0.493 e. The van der Waals surface area contributed by atoms with E-state index >= 15 is 0 Å². The molecule has 1 aliphatic carbocycles. The van der Waals surface area contributed by atoms with Crippen LogP contribution in [0.2, 0.25) is 0 Å². The second kappa shape index (κ2) is 9.44. The van der Waals surface area contributed by atoms with Gasteiger partial charge in [0.15, 0.2) is 11.5 Å². The van der Waals surface area contributed by atoms with Gasteiger partial charge in [-0.25, -0.2) is 4.68 Å². The smallest absolute Gasteiger partial charge is 0.206 e. The number of nitrogens with zero attached hydrogens (tertiary/aromatic N) is 3. The van der Waals surface area contributed by atoms with Gasteiger partial charge < -0.3 is 14.2 Å². The predicted octanol–water partition coefficient (Wildman–Crippen LogP) is 4.92. The van der Waals surface area contributed by atoms with Crippen molar-refractivity contribution >= 4 is 17.0 Å². The first-order valence-electron chi connectivity index (χ1n) is 10.4. The lowest BCUT2D eigenvalue weighted by molar-refractivity contribution is 0.324. The summed E-state index contributed by atoms with van der Waals surface area (Å²) in [6, 6.07) is 12.3. The molecule has 0 saturated carbocycles. The Morgan fingerprint density at radius 1 is 1.06 bits per heavy atom. The first-order chi connectivity index (χ1) is 15.5. The van der Waals surface area contributed by atoms with Crippen molar-refractivity contribution in [3.05, 3.63) is 69.9 Å². The van der Waals surface area contributed by atoms with E-state index in [0.29, 0.717) is 23.8 Å². The number of ether oxygens (including phenoxy) is 3. The van der Waals surface area contributed by atoms with E-state index in [4.69, 9.17) is 24.3 Å². The minimum absolute atomic E-state index is 0.552. The number of benzene rings is 2. The zero-order valence-corrected chi connectivity index (χ0v) is 19.7. The Morgan fingerprint density at radius 2 is 1.78 bits per heavy atom. The minimum Gasteiger partial charge on any atom is -0.493 e. The van der Waals surface area contributed by atoms with Crippen molar-refractivity contribution in [3.63, 3.8) is 0 Å². The van der Waals surface area contributed by atoms with Crippen molar-refractivity contribution in [1.82, 2.24) is 4.68 Å². The second-order valence-electron chi connectivity index (χ2n) is 7.61. The number of hydrogen-bond donors (Lipinski definition) is 0. The van der Waals surface area contributed by atoms with E-state index in [1.165, 1.54) is 11.1 Å². The molecule has 0 amide bonds. The third-order valence-corrected chi connectivity index (χ3v) is 6.16. The Morgan fingerprint density at radius 3 is 2.44 bits per heavy atom. The van der Waals surface area contributed by atoms with Gasteiger partial charge >= 0.3 is 0 Å². The van der Waals surface area contributed by atoms with E-state index < -0.39 is 0 Å². The lowest BCUT2D eigenvalue weighted by Crippen LogP contribution is -2.15. The van der Waals surface area contributed by atoms with Gasteiger partial charge in [0.2, 0.25) is 10.6 Å². The van der Waals surface area contributed by atoms with Crippen LogP contribution in [0, 0.1) is 0 Å². The molecular weight excluding hydrogens is 422 g/mol.